The fourth-order valence-electron chi connectivity index (χ4n) is 2.09. The van der Waals surface area contributed by atoms with Crippen LogP contribution in [-0.2, 0) is 14.3 Å². The Hall–Kier alpha value is -0.610. The summed E-state index contributed by atoms with van der Waals surface area (Å²) in [6.45, 7) is 3.53. The fraction of sp³-hybridized carbons (Fsp3) is 0.933. The van der Waals surface area contributed by atoms with Gasteiger partial charge in [-0.2, -0.15) is 0 Å². The molecule has 0 amide bonds. The van der Waals surface area contributed by atoms with Crippen LogP contribution in [0.25, 0.3) is 0 Å². The zero-order valence-corrected chi connectivity index (χ0v) is 12.9. The number of hydrogen-bond donors (Lipinski definition) is 1. The van der Waals surface area contributed by atoms with Crippen LogP contribution in [0.2, 0.25) is 0 Å². The second-order valence-corrected chi connectivity index (χ2v) is 4.93. The van der Waals surface area contributed by atoms with Crippen LogP contribution in [0.3, 0.4) is 0 Å². The van der Waals surface area contributed by atoms with Crippen molar-refractivity contribution in [2.75, 3.05) is 27.4 Å². The first-order chi connectivity index (χ1) is 9.26. The van der Waals surface area contributed by atoms with Crippen molar-refractivity contribution < 1.29 is 14.3 Å². The van der Waals surface area contributed by atoms with Gasteiger partial charge in [-0.3, -0.25) is 4.79 Å². The summed E-state index contributed by atoms with van der Waals surface area (Å²) < 4.78 is 9.78. The van der Waals surface area contributed by atoms with Gasteiger partial charge in [0.05, 0.1) is 13.7 Å². The molecule has 19 heavy (non-hydrogen) atoms. The molecule has 0 aliphatic heterocycles. The Morgan fingerprint density at radius 2 is 1.68 bits per heavy atom. The van der Waals surface area contributed by atoms with E-state index >= 15 is 0 Å². The maximum Gasteiger partial charge on any atom is 0.322 e. The van der Waals surface area contributed by atoms with Crippen LogP contribution in [0.1, 0.15) is 58.3 Å². The first kappa shape index (κ1) is 18.4. The van der Waals surface area contributed by atoms with Crippen LogP contribution in [0.5, 0.6) is 0 Å². The van der Waals surface area contributed by atoms with E-state index in [2.05, 4.69) is 12.2 Å². The Balaban J connectivity index is 3.64. The van der Waals surface area contributed by atoms with Gasteiger partial charge in [0, 0.05) is 13.7 Å². The minimum Gasteiger partial charge on any atom is -0.468 e. The topological polar surface area (TPSA) is 47.6 Å². The van der Waals surface area contributed by atoms with Crippen molar-refractivity contribution in [3.05, 3.63) is 0 Å². The minimum atomic E-state index is -0.184. The maximum absolute atomic E-state index is 11.6. The number of carbonyl (C=O) groups is 1. The number of rotatable bonds is 13. The molecule has 0 radical (unpaired) electrons. The Bertz CT molecular complexity index is 210. The Morgan fingerprint density at radius 3 is 2.26 bits per heavy atom. The van der Waals surface area contributed by atoms with Gasteiger partial charge >= 0.3 is 5.97 Å². The van der Waals surface area contributed by atoms with Crippen molar-refractivity contribution in [2.45, 2.75) is 64.3 Å². The molecule has 114 valence electrons. The highest BCUT2D eigenvalue weighted by atomic mass is 16.5. The third kappa shape index (κ3) is 11.0. The van der Waals surface area contributed by atoms with Crippen molar-refractivity contribution in [1.29, 1.82) is 0 Å². The molecule has 0 bridgehead atoms. The summed E-state index contributed by atoms with van der Waals surface area (Å²) in [5.74, 6) is -0.165. The van der Waals surface area contributed by atoms with Gasteiger partial charge < -0.3 is 14.8 Å². The lowest BCUT2D eigenvalue weighted by Crippen LogP contribution is -2.39. The summed E-state index contributed by atoms with van der Waals surface area (Å²) in [7, 11) is 3.10. The smallest absolute Gasteiger partial charge is 0.322 e. The SMILES string of the molecule is CCCCCCCCCC(NCCOC)C(=O)OC. The van der Waals surface area contributed by atoms with E-state index in [1.165, 1.54) is 45.6 Å². The zero-order chi connectivity index (χ0) is 14.3. The molecule has 0 fully saturated rings. The third-order valence-electron chi connectivity index (χ3n) is 3.28. The molecule has 1 N–H and O–H groups in total. The van der Waals surface area contributed by atoms with Gasteiger partial charge in [-0.05, 0) is 6.42 Å². The number of esters is 1. The molecule has 4 nitrogen and oxygen atoms in total. The van der Waals surface area contributed by atoms with Gasteiger partial charge in [0.2, 0.25) is 0 Å². The molecule has 1 unspecified atom stereocenters. The second-order valence-electron chi connectivity index (χ2n) is 4.93. The zero-order valence-electron chi connectivity index (χ0n) is 12.9. The van der Waals surface area contributed by atoms with Gasteiger partial charge in [0.25, 0.3) is 0 Å². The summed E-state index contributed by atoms with van der Waals surface area (Å²) in [6.07, 6.45) is 9.67. The molecule has 0 aromatic heterocycles. The largest absolute Gasteiger partial charge is 0.468 e. The molecule has 0 spiro atoms. The third-order valence-corrected chi connectivity index (χ3v) is 3.28. The lowest BCUT2D eigenvalue weighted by molar-refractivity contribution is -0.143. The van der Waals surface area contributed by atoms with Crippen molar-refractivity contribution in [3.63, 3.8) is 0 Å². The van der Waals surface area contributed by atoms with Crippen LogP contribution in [-0.4, -0.2) is 39.4 Å². The van der Waals surface area contributed by atoms with Gasteiger partial charge in [-0.1, -0.05) is 51.9 Å². The highest BCUT2D eigenvalue weighted by Gasteiger charge is 2.17. The average molecular weight is 273 g/mol. The lowest BCUT2D eigenvalue weighted by atomic mass is 10.1. The standard InChI is InChI=1S/C15H31NO3/c1-4-5-6-7-8-9-10-11-14(15(17)19-3)16-12-13-18-2/h14,16H,4-13H2,1-3H3. The molecule has 0 aliphatic carbocycles. The van der Waals surface area contributed by atoms with Gasteiger partial charge in [-0.15, -0.1) is 0 Å². The van der Waals surface area contributed by atoms with E-state index in [4.69, 9.17) is 9.47 Å². The quantitative estimate of drug-likeness (QED) is 0.414. The van der Waals surface area contributed by atoms with E-state index in [0.717, 1.165) is 12.8 Å². The molecule has 0 saturated heterocycles. The van der Waals surface area contributed by atoms with Gasteiger partial charge in [0.15, 0.2) is 0 Å². The molecule has 1 atom stereocenters. The Labute approximate surface area is 118 Å². The number of carbonyl (C=O) groups excluding carboxylic acids is 1. The predicted molar refractivity (Wildman–Crippen MR) is 78.3 cm³/mol. The van der Waals surface area contributed by atoms with Crippen LogP contribution in [0.4, 0.5) is 0 Å². The van der Waals surface area contributed by atoms with E-state index < -0.39 is 0 Å². The second kappa shape index (κ2) is 13.8. The van der Waals surface area contributed by atoms with E-state index in [0.29, 0.717) is 13.2 Å². The Morgan fingerprint density at radius 1 is 1.05 bits per heavy atom. The first-order valence-electron chi connectivity index (χ1n) is 7.56. The van der Waals surface area contributed by atoms with Crippen molar-refractivity contribution in [3.8, 4) is 0 Å². The van der Waals surface area contributed by atoms with Crippen LogP contribution >= 0.6 is 0 Å². The van der Waals surface area contributed by atoms with Crippen LogP contribution < -0.4 is 5.32 Å². The first-order valence-corrected chi connectivity index (χ1v) is 7.56. The number of hydrogen-bond acceptors (Lipinski definition) is 4. The summed E-state index contributed by atoms with van der Waals surface area (Å²) in [5, 5.41) is 3.18. The number of ether oxygens (including phenoxy) is 2. The molecule has 0 saturated carbocycles. The fourth-order valence-corrected chi connectivity index (χ4v) is 2.09. The molecule has 0 rings (SSSR count). The van der Waals surface area contributed by atoms with E-state index in [-0.39, 0.29) is 12.0 Å². The molecule has 0 aliphatic rings. The van der Waals surface area contributed by atoms with Gasteiger partial charge in [0.1, 0.15) is 6.04 Å². The van der Waals surface area contributed by atoms with E-state index in [9.17, 15) is 4.79 Å². The molecule has 4 heteroatoms. The van der Waals surface area contributed by atoms with Crippen molar-refractivity contribution >= 4 is 5.97 Å². The monoisotopic (exact) mass is 273 g/mol. The van der Waals surface area contributed by atoms with Crippen LogP contribution in [0, 0.1) is 0 Å². The summed E-state index contributed by atoms with van der Waals surface area (Å²) in [6, 6.07) is -0.184. The van der Waals surface area contributed by atoms with Crippen molar-refractivity contribution in [2.24, 2.45) is 0 Å². The van der Waals surface area contributed by atoms with Crippen molar-refractivity contribution in [1.82, 2.24) is 5.32 Å². The van der Waals surface area contributed by atoms with E-state index in [1.54, 1.807) is 7.11 Å². The number of nitrogens with one attached hydrogen (secondary N) is 1. The average Bonchev–Trinajstić information content (AvgIpc) is 2.43. The molecule has 0 aromatic rings. The Kier molecular flexibility index (Phi) is 13.4. The van der Waals surface area contributed by atoms with E-state index in [1.807, 2.05) is 0 Å². The molecule has 0 heterocycles. The normalized spacial score (nSPS) is 12.4. The summed E-state index contributed by atoms with van der Waals surface area (Å²) >= 11 is 0. The van der Waals surface area contributed by atoms with Crippen LogP contribution in [0.15, 0.2) is 0 Å². The minimum absolute atomic E-state index is 0.165. The summed E-state index contributed by atoms with van der Waals surface area (Å²) in [5.41, 5.74) is 0. The number of methoxy groups -OCH3 is 2. The highest BCUT2D eigenvalue weighted by Crippen LogP contribution is 2.10. The predicted octanol–water partition coefficient (Wildman–Crippen LogP) is 2.90. The molecular formula is C15H31NO3. The lowest BCUT2D eigenvalue weighted by Gasteiger charge is -2.16. The highest BCUT2D eigenvalue weighted by molar-refractivity contribution is 5.75. The van der Waals surface area contributed by atoms with Gasteiger partial charge in [-0.25, -0.2) is 0 Å². The summed E-state index contributed by atoms with van der Waals surface area (Å²) in [4.78, 5) is 11.6. The molecule has 0 aromatic carbocycles. The number of unbranched alkanes of at least 4 members (excludes halogenated alkanes) is 6. The molecular weight excluding hydrogens is 242 g/mol. The maximum atomic E-state index is 11.6.